The van der Waals surface area contributed by atoms with Crippen molar-refractivity contribution in [2.45, 2.75) is 64.8 Å². The summed E-state index contributed by atoms with van der Waals surface area (Å²) in [6.45, 7) is 9.11. The molecule has 0 radical (unpaired) electrons. The van der Waals surface area contributed by atoms with Gasteiger partial charge in [-0.2, -0.15) is 0 Å². The number of allylic oxidation sites excluding steroid dienone is 2. The van der Waals surface area contributed by atoms with Crippen molar-refractivity contribution in [3.63, 3.8) is 0 Å². The van der Waals surface area contributed by atoms with Crippen molar-refractivity contribution in [2.24, 2.45) is 0 Å². The Labute approximate surface area is 89.7 Å². The van der Waals surface area contributed by atoms with Crippen LogP contribution in [0, 0.1) is 0 Å². The zero-order chi connectivity index (χ0) is 10.6. The van der Waals surface area contributed by atoms with Gasteiger partial charge in [-0.3, -0.25) is 0 Å². The van der Waals surface area contributed by atoms with Gasteiger partial charge in [0, 0.05) is 6.10 Å². The minimum atomic E-state index is -1.32. The fraction of sp³-hybridized carbons (Fsp3) is 0.833. The predicted molar refractivity (Wildman–Crippen MR) is 65.1 cm³/mol. The monoisotopic (exact) mass is 212 g/mol. The highest BCUT2D eigenvalue weighted by Gasteiger charge is 2.21. The molecule has 0 spiro atoms. The average Bonchev–Trinajstić information content (AvgIpc) is 2.02. The summed E-state index contributed by atoms with van der Waals surface area (Å²) in [6, 6.07) is 0. The van der Waals surface area contributed by atoms with Crippen LogP contribution in [-0.2, 0) is 4.43 Å². The molecule has 2 heteroatoms. The summed E-state index contributed by atoms with van der Waals surface area (Å²) in [5, 5.41) is 0. The first-order valence-corrected chi connectivity index (χ1v) is 9.22. The van der Waals surface area contributed by atoms with E-state index < -0.39 is 8.32 Å². The van der Waals surface area contributed by atoms with Gasteiger partial charge >= 0.3 is 0 Å². The molecule has 82 valence electrons. The topological polar surface area (TPSA) is 9.23 Å². The van der Waals surface area contributed by atoms with Crippen LogP contribution >= 0.6 is 0 Å². The normalized spacial score (nSPS) is 28.9. The highest BCUT2D eigenvalue weighted by atomic mass is 28.4. The standard InChI is InChI=1S/C12H24OSi/c1-11-7-5-6-8-12(10-9-11)13-14(2,3)4/h7,12H,5-6,8-10H2,1-4H3/b11-7-. The van der Waals surface area contributed by atoms with Gasteiger partial charge in [0.05, 0.1) is 0 Å². The lowest BCUT2D eigenvalue weighted by molar-refractivity contribution is 0.169. The minimum absolute atomic E-state index is 0.533. The molecule has 0 heterocycles. The van der Waals surface area contributed by atoms with Crippen molar-refractivity contribution in [2.75, 3.05) is 0 Å². The maximum absolute atomic E-state index is 6.17. The summed E-state index contributed by atoms with van der Waals surface area (Å²) in [5.41, 5.74) is 1.55. The molecule has 0 aromatic rings. The molecule has 0 amide bonds. The van der Waals surface area contributed by atoms with E-state index in [0.717, 1.165) is 0 Å². The maximum atomic E-state index is 6.17. The molecule has 0 aromatic heterocycles. The van der Waals surface area contributed by atoms with Crippen molar-refractivity contribution in [3.8, 4) is 0 Å². The molecule has 1 aliphatic carbocycles. The number of hydrogen-bond donors (Lipinski definition) is 0. The van der Waals surface area contributed by atoms with Gasteiger partial charge in [-0.05, 0) is 58.7 Å². The Kier molecular flexibility index (Phi) is 4.39. The molecule has 0 aromatic carbocycles. The Balaban J connectivity index is 2.43. The lowest BCUT2D eigenvalue weighted by atomic mass is 9.99. The van der Waals surface area contributed by atoms with Crippen LogP contribution in [0.5, 0.6) is 0 Å². The third-order valence-corrected chi connectivity index (χ3v) is 3.64. The first-order chi connectivity index (χ1) is 6.47. The molecule has 0 N–H and O–H groups in total. The van der Waals surface area contributed by atoms with E-state index in [1.54, 1.807) is 5.57 Å². The van der Waals surface area contributed by atoms with E-state index in [4.69, 9.17) is 4.43 Å². The second-order valence-corrected chi connectivity index (χ2v) is 9.83. The van der Waals surface area contributed by atoms with Crippen LogP contribution in [0.25, 0.3) is 0 Å². The number of hydrogen-bond acceptors (Lipinski definition) is 1. The zero-order valence-electron chi connectivity index (χ0n) is 10.1. The molecule has 1 nitrogen and oxygen atoms in total. The van der Waals surface area contributed by atoms with Crippen LogP contribution < -0.4 is 0 Å². The molecular formula is C12H24OSi. The van der Waals surface area contributed by atoms with E-state index in [2.05, 4.69) is 32.6 Å². The first kappa shape index (κ1) is 12.0. The minimum Gasteiger partial charge on any atom is -0.415 e. The third kappa shape index (κ3) is 4.96. The summed E-state index contributed by atoms with van der Waals surface area (Å²) in [7, 11) is -1.32. The van der Waals surface area contributed by atoms with Crippen molar-refractivity contribution in [1.29, 1.82) is 0 Å². The van der Waals surface area contributed by atoms with Crippen LogP contribution in [0.1, 0.15) is 39.0 Å². The molecule has 1 aliphatic rings. The van der Waals surface area contributed by atoms with E-state index in [9.17, 15) is 0 Å². The summed E-state index contributed by atoms with van der Waals surface area (Å²) in [4.78, 5) is 0. The van der Waals surface area contributed by atoms with Gasteiger partial charge in [0.1, 0.15) is 0 Å². The van der Waals surface area contributed by atoms with Gasteiger partial charge in [-0.15, -0.1) is 0 Å². The molecule has 14 heavy (non-hydrogen) atoms. The fourth-order valence-electron chi connectivity index (χ4n) is 1.95. The molecule has 0 aliphatic heterocycles. The molecule has 0 fully saturated rings. The Morgan fingerprint density at radius 3 is 2.64 bits per heavy atom. The van der Waals surface area contributed by atoms with Crippen molar-refractivity contribution in [1.82, 2.24) is 0 Å². The van der Waals surface area contributed by atoms with Gasteiger partial charge in [-0.25, -0.2) is 0 Å². The maximum Gasteiger partial charge on any atom is 0.184 e. The summed E-state index contributed by atoms with van der Waals surface area (Å²) in [5.74, 6) is 0. The van der Waals surface area contributed by atoms with E-state index >= 15 is 0 Å². The molecule has 0 saturated heterocycles. The molecular weight excluding hydrogens is 188 g/mol. The summed E-state index contributed by atoms with van der Waals surface area (Å²) < 4.78 is 6.17. The van der Waals surface area contributed by atoms with Crippen molar-refractivity contribution >= 4 is 8.32 Å². The Morgan fingerprint density at radius 1 is 1.29 bits per heavy atom. The molecule has 1 atom stereocenters. The third-order valence-electron chi connectivity index (χ3n) is 2.60. The molecule has 1 unspecified atom stereocenters. The van der Waals surface area contributed by atoms with Crippen LogP contribution in [0.4, 0.5) is 0 Å². The van der Waals surface area contributed by atoms with Crippen molar-refractivity contribution < 1.29 is 4.43 Å². The number of rotatable bonds is 2. The molecule has 0 saturated carbocycles. The molecule has 1 rings (SSSR count). The SMILES string of the molecule is C/C1=C/CCCC(O[Si](C)(C)C)CC1. The predicted octanol–water partition coefficient (Wildman–Crippen LogP) is 4.12. The highest BCUT2D eigenvalue weighted by Crippen LogP contribution is 2.22. The van der Waals surface area contributed by atoms with Crippen LogP contribution in [0.2, 0.25) is 19.6 Å². The van der Waals surface area contributed by atoms with Gasteiger partial charge in [0.25, 0.3) is 0 Å². The van der Waals surface area contributed by atoms with E-state index in [1.165, 1.54) is 32.1 Å². The van der Waals surface area contributed by atoms with Crippen LogP contribution in [0.3, 0.4) is 0 Å². The van der Waals surface area contributed by atoms with Gasteiger partial charge < -0.3 is 4.43 Å². The first-order valence-electron chi connectivity index (χ1n) is 5.81. The quantitative estimate of drug-likeness (QED) is 0.494. The van der Waals surface area contributed by atoms with E-state index in [-0.39, 0.29) is 0 Å². The zero-order valence-corrected chi connectivity index (χ0v) is 11.1. The van der Waals surface area contributed by atoms with Crippen molar-refractivity contribution in [3.05, 3.63) is 11.6 Å². The van der Waals surface area contributed by atoms with Gasteiger partial charge in [0.2, 0.25) is 0 Å². The average molecular weight is 212 g/mol. The summed E-state index contributed by atoms with van der Waals surface area (Å²) in [6.07, 6.45) is 9.19. The van der Waals surface area contributed by atoms with Gasteiger partial charge in [-0.1, -0.05) is 11.6 Å². The van der Waals surface area contributed by atoms with E-state index in [0.29, 0.717) is 6.10 Å². The second kappa shape index (κ2) is 5.13. The van der Waals surface area contributed by atoms with E-state index in [1.807, 2.05) is 0 Å². The summed E-state index contributed by atoms with van der Waals surface area (Å²) >= 11 is 0. The van der Waals surface area contributed by atoms with Crippen LogP contribution in [0.15, 0.2) is 11.6 Å². The smallest absolute Gasteiger partial charge is 0.184 e. The van der Waals surface area contributed by atoms with Crippen LogP contribution in [-0.4, -0.2) is 14.4 Å². The fourth-order valence-corrected chi connectivity index (χ4v) is 3.18. The highest BCUT2D eigenvalue weighted by molar-refractivity contribution is 6.69. The Morgan fingerprint density at radius 2 is 2.00 bits per heavy atom. The Bertz CT molecular complexity index is 203. The van der Waals surface area contributed by atoms with Gasteiger partial charge in [0.15, 0.2) is 8.32 Å². The Hall–Kier alpha value is -0.0831. The second-order valence-electron chi connectivity index (χ2n) is 5.37. The molecule has 0 bridgehead atoms. The lowest BCUT2D eigenvalue weighted by Crippen LogP contribution is -2.32. The largest absolute Gasteiger partial charge is 0.415 e. The lowest BCUT2D eigenvalue weighted by Gasteiger charge is -2.27.